The molecule has 1 unspecified atom stereocenters. The molecule has 0 saturated heterocycles. The van der Waals surface area contributed by atoms with Crippen LogP contribution in [-0.2, 0) is 9.59 Å². The number of hydrogen-bond acceptors (Lipinski definition) is 4. The van der Waals surface area contributed by atoms with Gasteiger partial charge in [-0.1, -0.05) is 19.9 Å². The second-order valence-electron chi connectivity index (χ2n) is 4.92. The molecule has 7 nitrogen and oxygen atoms in total. The van der Waals surface area contributed by atoms with Crippen molar-refractivity contribution in [2.45, 2.75) is 32.4 Å². The number of carboxylic acid groups (broad SMARTS) is 1. The Labute approximate surface area is 126 Å². The van der Waals surface area contributed by atoms with E-state index in [1.165, 1.54) is 11.3 Å². The van der Waals surface area contributed by atoms with Gasteiger partial charge in [-0.25, -0.2) is 9.59 Å². The molecule has 3 amide bonds. The molecule has 0 saturated carbocycles. The van der Waals surface area contributed by atoms with Gasteiger partial charge in [-0.05, 0) is 17.4 Å². The van der Waals surface area contributed by atoms with Crippen LogP contribution < -0.4 is 16.4 Å². The van der Waals surface area contributed by atoms with E-state index in [0.29, 0.717) is 0 Å². The summed E-state index contributed by atoms with van der Waals surface area (Å²) in [4.78, 5) is 34.7. The second-order valence-corrected chi connectivity index (χ2v) is 5.90. The minimum atomic E-state index is -1.33. The number of nitrogens with two attached hydrogens (primary N) is 1. The largest absolute Gasteiger partial charge is 0.480 e. The first-order chi connectivity index (χ1) is 9.81. The number of aliphatic carboxylic acids is 1. The van der Waals surface area contributed by atoms with Crippen LogP contribution in [0.4, 0.5) is 4.79 Å². The first-order valence-corrected chi connectivity index (χ1v) is 7.30. The molecule has 0 aliphatic heterocycles. The molecule has 0 bridgehead atoms. The lowest BCUT2D eigenvalue weighted by Gasteiger charge is -2.22. The van der Waals surface area contributed by atoms with Crippen molar-refractivity contribution in [3.63, 3.8) is 0 Å². The topological polar surface area (TPSA) is 122 Å². The van der Waals surface area contributed by atoms with Crippen molar-refractivity contribution in [1.29, 1.82) is 0 Å². The fourth-order valence-corrected chi connectivity index (χ4v) is 2.73. The quantitative estimate of drug-likeness (QED) is 0.601. The SMILES string of the molecule is CC(C)C(NC(=O)N[C@@H](CC(N)=O)C(=O)O)c1cccs1. The molecule has 0 radical (unpaired) electrons. The van der Waals surface area contributed by atoms with E-state index in [4.69, 9.17) is 10.8 Å². The number of nitrogens with one attached hydrogen (secondary N) is 2. The van der Waals surface area contributed by atoms with E-state index in [1.807, 2.05) is 31.4 Å². The van der Waals surface area contributed by atoms with Gasteiger partial charge in [0.1, 0.15) is 6.04 Å². The molecule has 1 aromatic heterocycles. The minimum absolute atomic E-state index is 0.133. The van der Waals surface area contributed by atoms with Crippen LogP contribution in [0.5, 0.6) is 0 Å². The number of carboxylic acids is 1. The Morgan fingerprint density at radius 1 is 1.33 bits per heavy atom. The second kappa shape index (κ2) is 7.63. The smallest absolute Gasteiger partial charge is 0.326 e. The van der Waals surface area contributed by atoms with Gasteiger partial charge in [-0.3, -0.25) is 4.79 Å². The van der Waals surface area contributed by atoms with Gasteiger partial charge in [0.15, 0.2) is 0 Å². The summed E-state index contributed by atoms with van der Waals surface area (Å²) in [6.45, 7) is 3.89. The third-order valence-electron chi connectivity index (χ3n) is 2.81. The molecule has 21 heavy (non-hydrogen) atoms. The minimum Gasteiger partial charge on any atom is -0.480 e. The summed E-state index contributed by atoms with van der Waals surface area (Å²) in [5.41, 5.74) is 4.96. The van der Waals surface area contributed by atoms with Crippen molar-refractivity contribution in [1.82, 2.24) is 10.6 Å². The van der Waals surface area contributed by atoms with Crippen LogP contribution in [0.1, 0.15) is 31.2 Å². The van der Waals surface area contributed by atoms with Crippen molar-refractivity contribution in [2.75, 3.05) is 0 Å². The number of rotatable bonds is 7. The number of amides is 3. The number of carbonyl (C=O) groups excluding carboxylic acids is 2. The summed E-state index contributed by atoms with van der Waals surface area (Å²) in [6.07, 6.45) is -0.450. The Morgan fingerprint density at radius 2 is 2.00 bits per heavy atom. The predicted molar refractivity (Wildman–Crippen MR) is 78.8 cm³/mol. The Bertz CT molecular complexity index is 502. The first-order valence-electron chi connectivity index (χ1n) is 6.42. The van der Waals surface area contributed by atoms with Gasteiger partial charge in [0.25, 0.3) is 0 Å². The van der Waals surface area contributed by atoms with Gasteiger partial charge >= 0.3 is 12.0 Å². The summed E-state index contributed by atoms with van der Waals surface area (Å²) in [5, 5.41) is 15.8. The van der Waals surface area contributed by atoms with Crippen LogP contribution in [0.2, 0.25) is 0 Å². The number of urea groups is 1. The molecule has 0 spiro atoms. The lowest BCUT2D eigenvalue weighted by Crippen LogP contribution is -2.48. The molecule has 1 rings (SSSR count). The van der Waals surface area contributed by atoms with E-state index >= 15 is 0 Å². The Hall–Kier alpha value is -2.09. The van der Waals surface area contributed by atoms with Gasteiger partial charge in [0.05, 0.1) is 12.5 Å². The van der Waals surface area contributed by atoms with Crippen molar-refractivity contribution in [2.24, 2.45) is 11.7 Å². The molecule has 0 aliphatic carbocycles. The van der Waals surface area contributed by atoms with Crippen molar-refractivity contribution >= 4 is 29.2 Å². The summed E-state index contributed by atoms with van der Waals surface area (Å²) in [7, 11) is 0. The van der Waals surface area contributed by atoms with Gasteiger partial charge in [-0.2, -0.15) is 0 Å². The maximum Gasteiger partial charge on any atom is 0.326 e. The predicted octanol–water partition coefficient (Wildman–Crippen LogP) is 1.07. The van der Waals surface area contributed by atoms with E-state index in [-0.39, 0.29) is 12.0 Å². The van der Waals surface area contributed by atoms with Crippen LogP contribution in [0, 0.1) is 5.92 Å². The fraction of sp³-hybridized carbons (Fsp3) is 0.462. The average Bonchev–Trinajstić information content (AvgIpc) is 2.87. The maximum atomic E-state index is 11.9. The lowest BCUT2D eigenvalue weighted by molar-refractivity contribution is -0.140. The number of thiophene rings is 1. The zero-order chi connectivity index (χ0) is 16.0. The third-order valence-corrected chi connectivity index (χ3v) is 3.77. The number of hydrogen-bond donors (Lipinski definition) is 4. The van der Waals surface area contributed by atoms with E-state index in [0.717, 1.165) is 4.88 Å². The third kappa shape index (κ3) is 5.42. The average molecular weight is 313 g/mol. The van der Waals surface area contributed by atoms with Crippen LogP contribution in [0.25, 0.3) is 0 Å². The van der Waals surface area contributed by atoms with Crippen LogP contribution in [-0.4, -0.2) is 29.1 Å². The van der Waals surface area contributed by atoms with Gasteiger partial charge in [0.2, 0.25) is 5.91 Å². The summed E-state index contributed by atoms with van der Waals surface area (Å²) in [6, 6.07) is 1.57. The Kier molecular flexibility index (Phi) is 6.16. The molecule has 0 fully saturated rings. The molecule has 8 heteroatoms. The van der Waals surface area contributed by atoms with E-state index in [1.54, 1.807) is 0 Å². The van der Waals surface area contributed by atoms with E-state index in [9.17, 15) is 14.4 Å². The monoisotopic (exact) mass is 313 g/mol. The molecule has 1 heterocycles. The molecule has 0 aliphatic rings. The zero-order valence-electron chi connectivity index (χ0n) is 11.8. The van der Waals surface area contributed by atoms with Crippen molar-refractivity contribution in [3.8, 4) is 0 Å². The van der Waals surface area contributed by atoms with Crippen LogP contribution in [0.15, 0.2) is 17.5 Å². The normalized spacial score (nSPS) is 13.5. The highest BCUT2D eigenvalue weighted by atomic mass is 32.1. The van der Waals surface area contributed by atoms with Crippen molar-refractivity contribution in [3.05, 3.63) is 22.4 Å². The summed E-state index contributed by atoms with van der Waals surface area (Å²) in [5.74, 6) is -1.96. The molecule has 2 atom stereocenters. The molecular formula is C13H19N3O4S. The molecular weight excluding hydrogens is 294 g/mol. The lowest BCUT2D eigenvalue weighted by atomic mass is 10.0. The van der Waals surface area contributed by atoms with Crippen molar-refractivity contribution < 1.29 is 19.5 Å². The molecule has 116 valence electrons. The number of carbonyl (C=O) groups is 3. The number of primary amides is 1. The van der Waals surface area contributed by atoms with Crippen LogP contribution >= 0.6 is 11.3 Å². The molecule has 1 aromatic rings. The standard InChI is InChI=1S/C13H19N3O4S/c1-7(2)11(9-4-3-5-21-9)16-13(20)15-8(12(18)19)6-10(14)17/h3-5,7-8,11H,6H2,1-2H3,(H2,14,17)(H,18,19)(H2,15,16,20)/t8-,11?/m0/s1. The van der Waals surface area contributed by atoms with Gasteiger partial charge < -0.3 is 21.5 Å². The van der Waals surface area contributed by atoms with E-state index < -0.39 is 30.4 Å². The van der Waals surface area contributed by atoms with Crippen LogP contribution in [0.3, 0.4) is 0 Å². The zero-order valence-corrected chi connectivity index (χ0v) is 12.6. The maximum absolute atomic E-state index is 11.9. The highest BCUT2D eigenvalue weighted by Crippen LogP contribution is 2.25. The Morgan fingerprint density at radius 3 is 2.43 bits per heavy atom. The summed E-state index contributed by atoms with van der Waals surface area (Å²) >= 11 is 1.50. The summed E-state index contributed by atoms with van der Waals surface area (Å²) < 4.78 is 0. The highest BCUT2D eigenvalue weighted by molar-refractivity contribution is 7.10. The first kappa shape index (κ1) is 17.0. The highest BCUT2D eigenvalue weighted by Gasteiger charge is 2.25. The van der Waals surface area contributed by atoms with E-state index in [2.05, 4.69) is 10.6 Å². The Balaban J connectivity index is 2.69. The van der Waals surface area contributed by atoms with Gasteiger partial charge in [-0.15, -0.1) is 11.3 Å². The fourth-order valence-electron chi connectivity index (χ4n) is 1.78. The molecule has 0 aromatic carbocycles. The van der Waals surface area contributed by atoms with Gasteiger partial charge in [0, 0.05) is 4.88 Å². The molecule has 5 N–H and O–H groups in total.